The first-order valence-corrected chi connectivity index (χ1v) is 8.10. The fourth-order valence-corrected chi connectivity index (χ4v) is 2.79. The van der Waals surface area contributed by atoms with Gasteiger partial charge in [-0.1, -0.05) is 24.3 Å². The number of carbonyl (C=O) groups is 1. The Kier molecular flexibility index (Phi) is 4.07. The van der Waals surface area contributed by atoms with Crippen molar-refractivity contribution in [2.24, 2.45) is 0 Å². The van der Waals surface area contributed by atoms with Gasteiger partial charge in [0, 0.05) is 0 Å². The van der Waals surface area contributed by atoms with Crippen LogP contribution in [0.15, 0.2) is 82.5 Å². The Hall–Kier alpha value is -3.67. The van der Waals surface area contributed by atoms with Crippen LogP contribution in [0.4, 0.5) is 0 Å². The SMILES string of the molecule is O=C(NCc1ccco1)c1ccccc1-n1cnc2ccccc2c1=O. The van der Waals surface area contributed by atoms with Crippen molar-refractivity contribution < 1.29 is 9.21 Å². The number of para-hydroxylation sites is 2. The first kappa shape index (κ1) is 15.8. The van der Waals surface area contributed by atoms with E-state index in [1.807, 2.05) is 6.07 Å². The zero-order valence-corrected chi connectivity index (χ0v) is 13.8. The third-order valence-corrected chi connectivity index (χ3v) is 4.08. The smallest absolute Gasteiger partial charge is 0.265 e. The fraction of sp³-hybridized carbons (Fsp3) is 0.0500. The summed E-state index contributed by atoms with van der Waals surface area (Å²) in [6.45, 7) is 0.269. The van der Waals surface area contributed by atoms with Crippen LogP contribution in [0.1, 0.15) is 16.1 Å². The van der Waals surface area contributed by atoms with Crippen molar-refractivity contribution in [2.45, 2.75) is 6.54 Å². The molecule has 2 aromatic heterocycles. The first-order chi connectivity index (χ1) is 12.7. The molecule has 128 valence electrons. The van der Waals surface area contributed by atoms with E-state index in [9.17, 15) is 9.59 Å². The molecule has 0 saturated heterocycles. The molecular weight excluding hydrogens is 330 g/mol. The summed E-state index contributed by atoms with van der Waals surface area (Å²) in [6, 6.07) is 17.6. The van der Waals surface area contributed by atoms with Gasteiger partial charge in [-0.15, -0.1) is 0 Å². The van der Waals surface area contributed by atoms with Crippen molar-refractivity contribution in [1.82, 2.24) is 14.9 Å². The minimum atomic E-state index is -0.294. The molecule has 0 saturated carbocycles. The van der Waals surface area contributed by atoms with E-state index in [1.165, 1.54) is 10.9 Å². The maximum Gasteiger partial charge on any atom is 0.265 e. The predicted octanol–water partition coefficient (Wildman–Crippen LogP) is 2.91. The van der Waals surface area contributed by atoms with Crippen molar-refractivity contribution in [3.63, 3.8) is 0 Å². The second kappa shape index (κ2) is 6.68. The molecule has 0 atom stereocenters. The average Bonchev–Trinajstić information content (AvgIpc) is 3.20. The molecule has 6 heteroatoms. The minimum absolute atomic E-state index is 0.220. The summed E-state index contributed by atoms with van der Waals surface area (Å²) in [5.41, 5.74) is 1.27. The highest BCUT2D eigenvalue weighted by molar-refractivity contribution is 5.97. The minimum Gasteiger partial charge on any atom is -0.467 e. The molecule has 0 fully saturated rings. The quantitative estimate of drug-likeness (QED) is 0.617. The number of benzene rings is 2. The predicted molar refractivity (Wildman–Crippen MR) is 97.2 cm³/mol. The van der Waals surface area contributed by atoms with Crippen LogP contribution in [0.3, 0.4) is 0 Å². The Labute approximate surface area is 148 Å². The van der Waals surface area contributed by atoms with Gasteiger partial charge in [0.15, 0.2) is 0 Å². The molecule has 0 bridgehead atoms. The Morgan fingerprint density at radius 2 is 1.85 bits per heavy atom. The van der Waals surface area contributed by atoms with Crippen molar-refractivity contribution in [3.05, 3.63) is 94.9 Å². The van der Waals surface area contributed by atoms with E-state index in [2.05, 4.69) is 10.3 Å². The van der Waals surface area contributed by atoms with Gasteiger partial charge in [0.25, 0.3) is 11.5 Å². The van der Waals surface area contributed by atoms with E-state index >= 15 is 0 Å². The van der Waals surface area contributed by atoms with E-state index in [-0.39, 0.29) is 18.0 Å². The third kappa shape index (κ3) is 2.88. The second-order valence-electron chi connectivity index (χ2n) is 5.72. The summed E-state index contributed by atoms with van der Waals surface area (Å²) in [5, 5.41) is 3.30. The van der Waals surface area contributed by atoms with Gasteiger partial charge in [0.05, 0.1) is 35.0 Å². The lowest BCUT2D eigenvalue weighted by molar-refractivity contribution is 0.0948. The molecule has 0 unspecified atom stereocenters. The summed E-state index contributed by atoms with van der Waals surface area (Å²) in [6.07, 6.45) is 3.00. The average molecular weight is 345 g/mol. The second-order valence-corrected chi connectivity index (χ2v) is 5.72. The zero-order valence-electron chi connectivity index (χ0n) is 13.8. The van der Waals surface area contributed by atoms with Crippen LogP contribution in [-0.2, 0) is 6.54 Å². The molecule has 1 N–H and O–H groups in total. The molecule has 2 heterocycles. The molecule has 0 radical (unpaired) electrons. The lowest BCUT2D eigenvalue weighted by atomic mass is 10.1. The standard InChI is InChI=1S/C20H15N3O3/c24-19(21-12-14-6-5-11-26-14)16-8-2-4-10-18(16)23-13-22-17-9-3-1-7-15(17)20(23)25/h1-11,13H,12H2,(H,21,24). The largest absolute Gasteiger partial charge is 0.467 e. The first-order valence-electron chi connectivity index (χ1n) is 8.10. The van der Waals surface area contributed by atoms with Gasteiger partial charge in [-0.25, -0.2) is 4.98 Å². The summed E-state index contributed by atoms with van der Waals surface area (Å²) in [4.78, 5) is 29.8. The van der Waals surface area contributed by atoms with Gasteiger partial charge < -0.3 is 9.73 Å². The Morgan fingerprint density at radius 1 is 1.04 bits per heavy atom. The number of nitrogens with zero attached hydrogens (tertiary/aromatic N) is 2. The van der Waals surface area contributed by atoms with Crippen molar-refractivity contribution >= 4 is 16.8 Å². The van der Waals surface area contributed by atoms with Crippen LogP contribution in [0.5, 0.6) is 0 Å². The molecule has 1 amide bonds. The van der Waals surface area contributed by atoms with Crippen LogP contribution in [0.25, 0.3) is 16.6 Å². The Bertz CT molecular complexity index is 1130. The van der Waals surface area contributed by atoms with E-state index in [1.54, 1.807) is 60.9 Å². The number of hydrogen-bond donors (Lipinski definition) is 1. The number of amides is 1. The van der Waals surface area contributed by atoms with Gasteiger partial charge in [0.1, 0.15) is 12.1 Å². The Balaban J connectivity index is 1.73. The number of carbonyl (C=O) groups excluding carboxylic acids is 1. The Morgan fingerprint density at radius 3 is 2.69 bits per heavy atom. The van der Waals surface area contributed by atoms with Crippen LogP contribution in [0, 0.1) is 0 Å². The van der Waals surface area contributed by atoms with Crippen LogP contribution >= 0.6 is 0 Å². The molecule has 2 aromatic carbocycles. The number of hydrogen-bond acceptors (Lipinski definition) is 4. The van der Waals surface area contributed by atoms with E-state index in [4.69, 9.17) is 4.42 Å². The molecule has 0 spiro atoms. The fourth-order valence-electron chi connectivity index (χ4n) is 2.79. The number of rotatable bonds is 4. The highest BCUT2D eigenvalue weighted by Gasteiger charge is 2.14. The zero-order chi connectivity index (χ0) is 17.9. The van der Waals surface area contributed by atoms with E-state index in [0.717, 1.165) is 0 Å². The highest BCUT2D eigenvalue weighted by Crippen LogP contribution is 2.14. The van der Waals surface area contributed by atoms with E-state index in [0.29, 0.717) is 27.9 Å². The third-order valence-electron chi connectivity index (χ3n) is 4.08. The van der Waals surface area contributed by atoms with Crippen molar-refractivity contribution in [3.8, 4) is 5.69 Å². The maximum atomic E-state index is 12.8. The van der Waals surface area contributed by atoms with Gasteiger partial charge in [-0.3, -0.25) is 14.2 Å². The molecule has 26 heavy (non-hydrogen) atoms. The highest BCUT2D eigenvalue weighted by atomic mass is 16.3. The monoisotopic (exact) mass is 345 g/mol. The van der Waals surface area contributed by atoms with Crippen LogP contribution < -0.4 is 10.9 Å². The molecule has 0 aliphatic carbocycles. The number of furan rings is 1. The summed E-state index contributed by atoms with van der Waals surface area (Å²) in [5.74, 6) is 0.359. The number of aromatic nitrogens is 2. The molecule has 0 aliphatic rings. The lowest BCUT2D eigenvalue weighted by Crippen LogP contribution is -2.26. The molecule has 4 rings (SSSR count). The molecule has 6 nitrogen and oxygen atoms in total. The normalized spacial score (nSPS) is 10.8. The van der Waals surface area contributed by atoms with Gasteiger partial charge in [-0.05, 0) is 36.4 Å². The lowest BCUT2D eigenvalue weighted by Gasteiger charge is -2.12. The molecular formula is C20H15N3O3. The van der Waals surface area contributed by atoms with Gasteiger partial charge in [0.2, 0.25) is 0 Å². The maximum absolute atomic E-state index is 12.8. The number of nitrogens with one attached hydrogen (secondary N) is 1. The summed E-state index contributed by atoms with van der Waals surface area (Å²) >= 11 is 0. The topological polar surface area (TPSA) is 77.1 Å². The summed E-state index contributed by atoms with van der Waals surface area (Å²) in [7, 11) is 0. The molecule has 0 aliphatic heterocycles. The van der Waals surface area contributed by atoms with Crippen molar-refractivity contribution in [2.75, 3.05) is 0 Å². The van der Waals surface area contributed by atoms with E-state index < -0.39 is 0 Å². The number of fused-ring (bicyclic) bond motifs is 1. The molecule has 4 aromatic rings. The van der Waals surface area contributed by atoms with Crippen molar-refractivity contribution in [1.29, 1.82) is 0 Å². The van der Waals surface area contributed by atoms with Gasteiger partial charge >= 0.3 is 0 Å². The summed E-state index contributed by atoms with van der Waals surface area (Å²) < 4.78 is 6.62. The van der Waals surface area contributed by atoms with Crippen LogP contribution in [-0.4, -0.2) is 15.5 Å². The van der Waals surface area contributed by atoms with Gasteiger partial charge in [-0.2, -0.15) is 0 Å². The van der Waals surface area contributed by atoms with Crippen LogP contribution in [0.2, 0.25) is 0 Å².